The molecule has 0 unspecified atom stereocenters. The molecule has 0 saturated heterocycles. The van der Waals surface area contributed by atoms with Crippen molar-refractivity contribution in [2.75, 3.05) is 18.5 Å². The summed E-state index contributed by atoms with van der Waals surface area (Å²) in [5.74, 6) is -0.173. The molecule has 1 aromatic heterocycles. The second kappa shape index (κ2) is 7.70. The Morgan fingerprint density at radius 2 is 2.04 bits per heavy atom. The summed E-state index contributed by atoms with van der Waals surface area (Å²) in [7, 11) is 0. The maximum atomic E-state index is 12.5. The van der Waals surface area contributed by atoms with Crippen molar-refractivity contribution in [1.29, 1.82) is 0 Å². The minimum atomic E-state index is -0.252. The standard InChI is InChI=1S/C19H20N2O4S/c1-12(22)14-3-4-16(20-13(2)23)17(9-14)25-11-19(24)21-7-5-18-15(10-21)6-8-26-18/h3-4,6,8-9H,5,7,10-11H2,1-2H3,(H,20,23). The van der Waals surface area contributed by atoms with E-state index in [1.54, 1.807) is 34.4 Å². The molecule has 26 heavy (non-hydrogen) atoms. The topological polar surface area (TPSA) is 75.7 Å². The third-order valence-electron chi connectivity index (χ3n) is 4.21. The van der Waals surface area contributed by atoms with Crippen LogP contribution >= 0.6 is 11.3 Å². The van der Waals surface area contributed by atoms with Crippen molar-refractivity contribution in [3.63, 3.8) is 0 Å². The Hall–Kier alpha value is -2.67. The van der Waals surface area contributed by atoms with Crippen molar-refractivity contribution in [3.8, 4) is 5.75 Å². The van der Waals surface area contributed by atoms with Crippen LogP contribution in [-0.2, 0) is 22.6 Å². The highest BCUT2D eigenvalue weighted by atomic mass is 32.1. The van der Waals surface area contributed by atoms with Crippen LogP contribution in [-0.4, -0.2) is 35.6 Å². The van der Waals surface area contributed by atoms with E-state index in [9.17, 15) is 14.4 Å². The molecule has 136 valence electrons. The molecule has 1 aliphatic rings. The van der Waals surface area contributed by atoms with E-state index in [-0.39, 0.29) is 24.2 Å². The lowest BCUT2D eigenvalue weighted by atomic mass is 10.1. The molecule has 0 atom stereocenters. The molecule has 0 spiro atoms. The SMILES string of the molecule is CC(=O)Nc1ccc(C(C)=O)cc1OCC(=O)N1CCc2sccc2C1. The van der Waals surface area contributed by atoms with E-state index >= 15 is 0 Å². The van der Waals surface area contributed by atoms with Crippen LogP contribution in [0.15, 0.2) is 29.6 Å². The lowest BCUT2D eigenvalue weighted by molar-refractivity contribution is -0.134. The van der Waals surface area contributed by atoms with Crippen molar-refractivity contribution >= 4 is 34.6 Å². The predicted octanol–water partition coefficient (Wildman–Crippen LogP) is 2.87. The van der Waals surface area contributed by atoms with E-state index in [0.29, 0.717) is 30.1 Å². The van der Waals surface area contributed by atoms with Crippen molar-refractivity contribution in [3.05, 3.63) is 45.6 Å². The Morgan fingerprint density at radius 1 is 1.23 bits per heavy atom. The molecule has 3 rings (SSSR count). The van der Waals surface area contributed by atoms with Crippen LogP contribution in [0.25, 0.3) is 0 Å². The molecule has 0 radical (unpaired) electrons. The van der Waals surface area contributed by atoms with Gasteiger partial charge in [-0.3, -0.25) is 14.4 Å². The van der Waals surface area contributed by atoms with E-state index in [1.165, 1.54) is 24.3 Å². The van der Waals surface area contributed by atoms with Gasteiger partial charge < -0.3 is 15.0 Å². The number of ether oxygens (including phenoxy) is 1. The Morgan fingerprint density at radius 3 is 2.77 bits per heavy atom. The molecule has 0 bridgehead atoms. The first-order valence-electron chi connectivity index (χ1n) is 8.32. The van der Waals surface area contributed by atoms with E-state index in [4.69, 9.17) is 4.74 Å². The fraction of sp³-hybridized carbons (Fsp3) is 0.316. The number of rotatable bonds is 5. The largest absolute Gasteiger partial charge is 0.482 e. The average Bonchev–Trinajstić information content (AvgIpc) is 3.07. The first-order chi connectivity index (χ1) is 12.4. The summed E-state index contributed by atoms with van der Waals surface area (Å²) >= 11 is 1.72. The zero-order valence-electron chi connectivity index (χ0n) is 14.7. The number of ketones is 1. The summed E-state index contributed by atoms with van der Waals surface area (Å²) < 4.78 is 5.66. The fourth-order valence-electron chi connectivity index (χ4n) is 2.85. The molecule has 1 aliphatic heterocycles. The van der Waals surface area contributed by atoms with Gasteiger partial charge in [0.1, 0.15) is 5.75 Å². The number of carbonyl (C=O) groups is 3. The van der Waals surface area contributed by atoms with E-state index in [1.807, 2.05) is 11.4 Å². The highest BCUT2D eigenvalue weighted by Crippen LogP contribution is 2.27. The number of carbonyl (C=O) groups excluding carboxylic acids is 3. The predicted molar refractivity (Wildman–Crippen MR) is 99.7 cm³/mol. The van der Waals surface area contributed by atoms with Crippen LogP contribution < -0.4 is 10.1 Å². The van der Waals surface area contributed by atoms with Crippen LogP contribution in [0.1, 0.15) is 34.6 Å². The molecule has 0 saturated carbocycles. The van der Waals surface area contributed by atoms with Gasteiger partial charge in [0.15, 0.2) is 12.4 Å². The van der Waals surface area contributed by atoms with Crippen molar-refractivity contribution in [2.24, 2.45) is 0 Å². The molecule has 2 aromatic rings. The minimum absolute atomic E-state index is 0.114. The van der Waals surface area contributed by atoms with Gasteiger partial charge in [0.2, 0.25) is 5.91 Å². The third kappa shape index (κ3) is 4.11. The summed E-state index contributed by atoms with van der Waals surface area (Å²) in [6.45, 7) is 3.96. The van der Waals surface area contributed by atoms with Gasteiger partial charge in [-0.1, -0.05) is 0 Å². The number of benzene rings is 1. The normalized spacial score (nSPS) is 13.1. The summed E-state index contributed by atoms with van der Waals surface area (Å²) in [6, 6.07) is 6.82. The zero-order chi connectivity index (χ0) is 18.7. The van der Waals surface area contributed by atoms with Crippen LogP contribution in [0.5, 0.6) is 5.75 Å². The Balaban J connectivity index is 1.70. The van der Waals surface area contributed by atoms with Crippen LogP contribution in [0.4, 0.5) is 5.69 Å². The van der Waals surface area contributed by atoms with E-state index in [0.717, 1.165) is 6.42 Å². The highest BCUT2D eigenvalue weighted by molar-refractivity contribution is 7.10. The minimum Gasteiger partial charge on any atom is -0.482 e. The monoisotopic (exact) mass is 372 g/mol. The van der Waals surface area contributed by atoms with Gasteiger partial charge in [-0.15, -0.1) is 11.3 Å². The highest BCUT2D eigenvalue weighted by Gasteiger charge is 2.22. The molecule has 2 amide bonds. The number of thiophene rings is 1. The number of Topliss-reactive ketones (excluding diaryl/α,β-unsaturated/α-hetero) is 1. The molecule has 1 aromatic carbocycles. The summed E-state index contributed by atoms with van der Waals surface area (Å²) in [6.07, 6.45) is 0.857. The zero-order valence-corrected chi connectivity index (χ0v) is 15.5. The summed E-state index contributed by atoms with van der Waals surface area (Å²) in [4.78, 5) is 38.5. The first kappa shape index (κ1) is 18.1. The van der Waals surface area contributed by atoms with Gasteiger partial charge in [0.05, 0.1) is 5.69 Å². The molecular weight excluding hydrogens is 352 g/mol. The van der Waals surface area contributed by atoms with Gasteiger partial charge >= 0.3 is 0 Å². The lowest BCUT2D eigenvalue weighted by Gasteiger charge is -2.27. The Bertz CT molecular complexity index is 859. The van der Waals surface area contributed by atoms with E-state index in [2.05, 4.69) is 5.32 Å². The van der Waals surface area contributed by atoms with Crippen molar-refractivity contribution in [1.82, 2.24) is 4.90 Å². The molecule has 1 N–H and O–H groups in total. The smallest absolute Gasteiger partial charge is 0.260 e. The second-order valence-electron chi connectivity index (χ2n) is 6.17. The number of amides is 2. The summed E-state index contributed by atoms with van der Waals surface area (Å²) in [5.41, 5.74) is 2.09. The average molecular weight is 372 g/mol. The second-order valence-corrected chi connectivity index (χ2v) is 7.17. The van der Waals surface area contributed by atoms with E-state index < -0.39 is 0 Å². The molecule has 6 nitrogen and oxygen atoms in total. The van der Waals surface area contributed by atoms with Crippen molar-refractivity contribution < 1.29 is 19.1 Å². The number of nitrogens with zero attached hydrogens (tertiary/aromatic N) is 1. The quantitative estimate of drug-likeness (QED) is 0.819. The number of anilines is 1. The van der Waals surface area contributed by atoms with Gasteiger partial charge in [0.25, 0.3) is 5.91 Å². The lowest BCUT2D eigenvalue weighted by Crippen LogP contribution is -2.38. The van der Waals surface area contributed by atoms with Crippen molar-refractivity contribution in [2.45, 2.75) is 26.8 Å². The number of hydrogen-bond donors (Lipinski definition) is 1. The number of hydrogen-bond acceptors (Lipinski definition) is 5. The number of nitrogens with one attached hydrogen (secondary N) is 1. The molecule has 2 heterocycles. The molecule has 0 aliphatic carbocycles. The first-order valence-corrected chi connectivity index (χ1v) is 9.20. The van der Waals surface area contributed by atoms with Crippen LogP contribution in [0.2, 0.25) is 0 Å². The fourth-order valence-corrected chi connectivity index (χ4v) is 3.74. The van der Waals surface area contributed by atoms with Gasteiger partial charge in [-0.2, -0.15) is 0 Å². The Labute approximate surface area is 155 Å². The maximum Gasteiger partial charge on any atom is 0.260 e. The van der Waals surface area contributed by atoms with Gasteiger partial charge in [-0.25, -0.2) is 0 Å². The molecule has 0 fully saturated rings. The van der Waals surface area contributed by atoms with Crippen LogP contribution in [0, 0.1) is 0 Å². The van der Waals surface area contributed by atoms with Gasteiger partial charge in [0, 0.05) is 30.5 Å². The molecular formula is C19H20N2O4S. The number of fused-ring (bicyclic) bond motifs is 1. The summed E-state index contributed by atoms with van der Waals surface area (Å²) in [5, 5.41) is 4.70. The van der Waals surface area contributed by atoms with Gasteiger partial charge in [-0.05, 0) is 48.6 Å². The molecule has 7 heteroatoms. The maximum absolute atomic E-state index is 12.5. The Kier molecular flexibility index (Phi) is 5.37. The third-order valence-corrected chi connectivity index (χ3v) is 5.23. The van der Waals surface area contributed by atoms with Crippen LogP contribution in [0.3, 0.4) is 0 Å².